The maximum atomic E-state index is 12.5. The lowest BCUT2D eigenvalue weighted by molar-refractivity contribution is -0.123. The Hall–Kier alpha value is -2.88. The van der Waals surface area contributed by atoms with Gasteiger partial charge in [0.05, 0.1) is 24.1 Å². The lowest BCUT2D eigenvalue weighted by Crippen LogP contribution is -2.46. The first kappa shape index (κ1) is 16.6. The van der Waals surface area contributed by atoms with Gasteiger partial charge in [-0.05, 0) is 30.9 Å². The van der Waals surface area contributed by atoms with Gasteiger partial charge in [0.2, 0.25) is 5.91 Å². The fourth-order valence-electron chi connectivity index (χ4n) is 3.58. The Balaban J connectivity index is 1.37. The maximum absolute atomic E-state index is 12.5. The molecule has 1 aliphatic rings. The van der Waals surface area contributed by atoms with E-state index in [4.69, 9.17) is 0 Å². The van der Waals surface area contributed by atoms with Crippen molar-refractivity contribution in [2.24, 2.45) is 0 Å². The van der Waals surface area contributed by atoms with Gasteiger partial charge in [-0.25, -0.2) is 4.98 Å². The normalized spacial score (nSPS) is 20.2. The van der Waals surface area contributed by atoms with Gasteiger partial charge in [-0.2, -0.15) is 0 Å². The molecule has 26 heavy (non-hydrogen) atoms. The molecule has 1 saturated carbocycles. The number of rotatable bonds is 5. The fourth-order valence-corrected chi connectivity index (χ4v) is 3.58. The van der Waals surface area contributed by atoms with Crippen molar-refractivity contribution in [2.75, 3.05) is 0 Å². The van der Waals surface area contributed by atoms with Crippen LogP contribution < -0.4 is 5.32 Å². The van der Waals surface area contributed by atoms with Crippen molar-refractivity contribution in [1.82, 2.24) is 14.9 Å². The van der Waals surface area contributed by atoms with Gasteiger partial charge in [0.15, 0.2) is 0 Å². The Bertz CT molecular complexity index is 867. The number of hydrogen-bond acceptors (Lipinski definition) is 2. The average Bonchev–Trinajstić information content (AvgIpc) is 3.14. The van der Waals surface area contributed by atoms with Crippen LogP contribution in [0.1, 0.15) is 37.3 Å². The molecule has 1 atom stereocenters. The molecule has 1 unspecified atom stereocenters. The molecule has 1 aromatic heterocycles. The number of nitrogens with one attached hydrogen (secondary N) is 1. The molecule has 1 amide bonds. The van der Waals surface area contributed by atoms with Crippen LogP contribution in [0.4, 0.5) is 0 Å². The zero-order chi connectivity index (χ0) is 17.9. The topological polar surface area (TPSA) is 46.9 Å². The molecular formula is C22H23N3O. The highest BCUT2D eigenvalue weighted by molar-refractivity contribution is 5.83. The summed E-state index contributed by atoms with van der Waals surface area (Å²) in [6.07, 6.45) is 5.71. The molecule has 1 fully saturated rings. The summed E-state index contributed by atoms with van der Waals surface area (Å²) in [5.74, 6) is -0.0167. The predicted molar refractivity (Wildman–Crippen MR) is 103 cm³/mol. The first-order valence-corrected chi connectivity index (χ1v) is 9.15. The summed E-state index contributed by atoms with van der Waals surface area (Å²) < 4.78 is 2.23. The molecule has 1 aliphatic carbocycles. The molecule has 4 nitrogen and oxygen atoms in total. The van der Waals surface area contributed by atoms with Gasteiger partial charge in [0, 0.05) is 12.1 Å². The van der Waals surface area contributed by atoms with Crippen molar-refractivity contribution in [2.45, 2.75) is 37.8 Å². The van der Waals surface area contributed by atoms with E-state index >= 15 is 0 Å². The number of carbonyl (C=O) groups excluding carboxylic acids is 1. The van der Waals surface area contributed by atoms with Crippen LogP contribution in [0.25, 0.3) is 11.3 Å². The second-order valence-corrected chi connectivity index (χ2v) is 7.02. The fraction of sp³-hybridized carbons (Fsp3) is 0.273. The smallest absolute Gasteiger partial charge is 0.227 e. The van der Waals surface area contributed by atoms with Gasteiger partial charge in [-0.15, -0.1) is 0 Å². The number of nitrogens with zero attached hydrogens (tertiary/aromatic N) is 2. The van der Waals surface area contributed by atoms with E-state index in [1.165, 1.54) is 5.56 Å². The third-order valence-corrected chi connectivity index (χ3v) is 5.28. The number of aromatic nitrogens is 2. The molecule has 0 aliphatic heterocycles. The molecule has 132 valence electrons. The highest BCUT2D eigenvalue weighted by Crippen LogP contribution is 2.36. The summed E-state index contributed by atoms with van der Waals surface area (Å²) in [5.41, 5.74) is 3.37. The monoisotopic (exact) mass is 345 g/mol. The number of hydrogen-bond donors (Lipinski definition) is 1. The van der Waals surface area contributed by atoms with Crippen LogP contribution in [-0.2, 0) is 4.79 Å². The van der Waals surface area contributed by atoms with Gasteiger partial charge in [-0.3, -0.25) is 4.79 Å². The summed E-state index contributed by atoms with van der Waals surface area (Å²) >= 11 is 0. The second kappa shape index (κ2) is 7.16. The zero-order valence-electron chi connectivity index (χ0n) is 14.9. The summed E-state index contributed by atoms with van der Waals surface area (Å²) in [7, 11) is 0. The van der Waals surface area contributed by atoms with Crippen molar-refractivity contribution in [1.29, 1.82) is 0 Å². The second-order valence-electron chi connectivity index (χ2n) is 7.02. The Labute approximate surface area is 153 Å². The van der Waals surface area contributed by atoms with E-state index in [0.29, 0.717) is 6.04 Å². The lowest BCUT2D eigenvalue weighted by Gasteiger charge is -2.38. The number of carbonyl (C=O) groups is 1. The van der Waals surface area contributed by atoms with E-state index in [0.717, 1.165) is 24.1 Å². The van der Waals surface area contributed by atoms with E-state index in [-0.39, 0.29) is 17.9 Å². The number of imidazole rings is 1. The molecule has 2 aromatic carbocycles. The van der Waals surface area contributed by atoms with Crippen molar-refractivity contribution in [3.05, 3.63) is 78.8 Å². The van der Waals surface area contributed by atoms with Gasteiger partial charge >= 0.3 is 0 Å². The predicted octanol–water partition coefficient (Wildman–Crippen LogP) is 4.17. The molecule has 1 N–H and O–H groups in total. The highest BCUT2D eigenvalue weighted by atomic mass is 16.1. The first-order valence-electron chi connectivity index (χ1n) is 9.15. The van der Waals surface area contributed by atoms with Crippen LogP contribution in [0.3, 0.4) is 0 Å². The van der Waals surface area contributed by atoms with Crippen molar-refractivity contribution in [3.63, 3.8) is 0 Å². The van der Waals surface area contributed by atoms with Gasteiger partial charge in [0.25, 0.3) is 0 Å². The van der Waals surface area contributed by atoms with Crippen LogP contribution in [-0.4, -0.2) is 21.5 Å². The summed E-state index contributed by atoms with van der Waals surface area (Å²) in [6, 6.07) is 20.9. The quantitative estimate of drug-likeness (QED) is 0.754. The lowest BCUT2D eigenvalue weighted by atomic mass is 9.85. The van der Waals surface area contributed by atoms with E-state index in [2.05, 4.69) is 27.0 Å². The van der Waals surface area contributed by atoms with E-state index < -0.39 is 0 Å². The summed E-state index contributed by atoms with van der Waals surface area (Å²) in [6.45, 7) is 1.96. The molecule has 4 rings (SSSR count). The van der Waals surface area contributed by atoms with Crippen molar-refractivity contribution >= 4 is 5.91 Å². The molecule has 1 heterocycles. The largest absolute Gasteiger partial charge is 0.353 e. The minimum absolute atomic E-state index is 0.105. The summed E-state index contributed by atoms with van der Waals surface area (Å²) in [4.78, 5) is 16.8. The Kier molecular flexibility index (Phi) is 4.57. The summed E-state index contributed by atoms with van der Waals surface area (Å²) in [5, 5.41) is 3.19. The molecule has 3 aromatic rings. The van der Waals surface area contributed by atoms with Crippen LogP contribution >= 0.6 is 0 Å². The maximum Gasteiger partial charge on any atom is 0.227 e. The molecule has 4 heteroatoms. The Morgan fingerprint density at radius 2 is 1.73 bits per heavy atom. The molecule has 0 bridgehead atoms. The molecule has 0 radical (unpaired) electrons. The Morgan fingerprint density at radius 1 is 1.08 bits per heavy atom. The van der Waals surface area contributed by atoms with E-state index in [1.54, 1.807) is 0 Å². The first-order chi connectivity index (χ1) is 12.7. The average molecular weight is 345 g/mol. The van der Waals surface area contributed by atoms with Crippen LogP contribution in [0.5, 0.6) is 0 Å². The molecular weight excluding hydrogens is 322 g/mol. The third kappa shape index (κ3) is 3.27. The van der Waals surface area contributed by atoms with Crippen molar-refractivity contribution in [3.8, 4) is 11.3 Å². The molecule has 0 saturated heterocycles. The van der Waals surface area contributed by atoms with Crippen LogP contribution in [0.15, 0.2) is 73.2 Å². The van der Waals surface area contributed by atoms with Gasteiger partial charge in [-0.1, -0.05) is 60.7 Å². The number of benzene rings is 2. The van der Waals surface area contributed by atoms with E-state index in [9.17, 15) is 4.79 Å². The standard InChI is InChI=1S/C22H23N3O/c1-16(17-8-4-2-5-9-17)22(26)24-19-12-20(13-19)25-15-23-14-21(25)18-10-6-3-7-11-18/h2-11,14-16,19-20H,12-13H2,1H3,(H,24,26). The minimum Gasteiger partial charge on any atom is -0.353 e. The SMILES string of the molecule is CC(C(=O)NC1CC(n2cncc2-c2ccccc2)C1)c1ccccc1. The van der Waals surface area contributed by atoms with E-state index in [1.807, 2.05) is 68.0 Å². The zero-order valence-corrected chi connectivity index (χ0v) is 14.9. The highest BCUT2D eigenvalue weighted by Gasteiger charge is 2.33. The Morgan fingerprint density at radius 3 is 2.42 bits per heavy atom. The minimum atomic E-state index is -0.122. The molecule has 0 spiro atoms. The van der Waals surface area contributed by atoms with Crippen LogP contribution in [0.2, 0.25) is 0 Å². The number of amides is 1. The van der Waals surface area contributed by atoms with Gasteiger partial charge < -0.3 is 9.88 Å². The third-order valence-electron chi connectivity index (χ3n) is 5.28. The van der Waals surface area contributed by atoms with Gasteiger partial charge in [0.1, 0.15) is 0 Å². The van der Waals surface area contributed by atoms with Crippen molar-refractivity contribution < 1.29 is 4.79 Å². The van der Waals surface area contributed by atoms with Crippen LogP contribution in [0, 0.1) is 0 Å².